The summed E-state index contributed by atoms with van der Waals surface area (Å²) in [4.78, 5) is 2.31. The fraction of sp³-hybridized carbons (Fsp3) is 0.650. The van der Waals surface area contributed by atoms with E-state index in [4.69, 9.17) is 5.26 Å². The second-order valence-corrected chi connectivity index (χ2v) is 7.80. The van der Waals surface area contributed by atoms with E-state index in [0.717, 1.165) is 37.7 Å². The van der Waals surface area contributed by atoms with Crippen molar-refractivity contribution in [3.8, 4) is 6.07 Å². The maximum absolute atomic E-state index is 15.1. The van der Waals surface area contributed by atoms with Crippen LogP contribution in [-0.2, 0) is 12.1 Å². The molecule has 0 N–H and O–H groups in total. The molecule has 1 aromatic carbocycles. The van der Waals surface area contributed by atoms with Gasteiger partial charge >= 0.3 is 0 Å². The largest absolute Gasteiger partial charge is 0.293 e. The number of nitriles is 1. The number of rotatable bonds is 4. The zero-order chi connectivity index (χ0) is 16.5. The third kappa shape index (κ3) is 3.28. The molecule has 1 saturated heterocycles. The minimum Gasteiger partial charge on any atom is -0.293 e. The van der Waals surface area contributed by atoms with Crippen molar-refractivity contribution < 1.29 is 4.39 Å². The van der Waals surface area contributed by atoms with Gasteiger partial charge in [-0.2, -0.15) is 5.26 Å². The van der Waals surface area contributed by atoms with Crippen molar-refractivity contribution in [3.63, 3.8) is 0 Å². The van der Waals surface area contributed by atoms with Crippen LogP contribution in [0.15, 0.2) is 24.3 Å². The molecular formula is C20H27FN2. The quantitative estimate of drug-likeness (QED) is 0.812. The van der Waals surface area contributed by atoms with Gasteiger partial charge in [-0.25, -0.2) is 4.39 Å². The summed E-state index contributed by atoms with van der Waals surface area (Å²) in [6, 6.07) is 10.8. The van der Waals surface area contributed by atoms with Gasteiger partial charge in [0.25, 0.3) is 0 Å². The maximum Gasteiger partial charge on any atom is 0.161 e. The van der Waals surface area contributed by atoms with Crippen LogP contribution in [0, 0.1) is 16.7 Å². The number of alkyl halides is 1. The molecular weight excluding hydrogens is 287 g/mol. The average molecular weight is 314 g/mol. The van der Waals surface area contributed by atoms with Crippen LogP contribution in [0.5, 0.6) is 0 Å². The van der Waals surface area contributed by atoms with Crippen molar-refractivity contribution in [2.24, 2.45) is 5.41 Å². The SMILES string of the molecule is CCc1ccc(C2(F)CN(C3CCC(C)(CC#N)CC3)C2)cc1. The molecule has 2 nitrogen and oxygen atoms in total. The lowest BCUT2D eigenvalue weighted by molar-refractivity contribution is -0.0760. The Hall–Kier alpha value is -1.40. The van der Waals surface area contributed by atoms with Crippen molar-refractivity contribution in [1.82, 2.24) is 4.90 Å². The molecule has 1 heterocycles. The highest BCUT2D eigenvalue weighted by Crippen LogP contribution is 2.44. The second kappa shape index (κ2) is 6.24. The first-order valence-electron chi connectivity index (χ1n) is 8.87. The van der Waals surface area contributed by atoms with E-state index in [1.54, 1.807) is 0 Å². The van der Waals surface area contributed by atoms with E-state index in [9.17, 15) is 0 Å². The Morgan fingerprint density at radius 1 is 1.22 bits per heavy atom. The predicted octanol–water partition coefficient (Wildman–Crippen LogP) is 4.59. The Morgan fingerprint density at radius 2 is 1.83 bits per heavy atom. The smallest absolute Gasteiger partial charge is 0.161 e. The first-order chi connectivity index (χ1) is 11.0. The van der Waals surface area contributed by atoms with Crippen LogP contribution < -0.4 is 0 Å². The van der Waals surface area contributed by atoms with Gasteiger partial charge in [0.05, 0.1) is 6.07 Å². The van der Waals surface area contributed by atoms with Crippen LogP contribution >= 0.6 is 0 Å². The summed E-state index contributed by atoms with van der Waals surface area (Å²) in [5.74, 6) is 0. The van der Waals surface area contributed by atoms with Crippen molar-refractivity contribution in [2.45, 2.75) is 64.1 Å². The second-order valence-electron chi connectivity index (χ2n) is 7.80. The minimum absolute atomic E-state index is 0.179. The number of halogens is 1. The highest BCUT2D eigenvalue weighted by Gasteiger charge is 2.48. The van der Waals surface area contributed by atoms with Gasteiger partial charge in [0.2, 0.25) is 0 Å². The van der Waals surface area contributed by atoms with Gasteiger partial charge in [0.1, 0.15) is 0 Å². The molecule has 1 aliphatic carbocycles. The minimum atomic E-state index is -1.17. The molecule has 0 bridgehead atoms. The summed E-state index contributed by atoms with van der Waals surface area (Å²) in [7, 11) is 0. The molecule has 0 amide bonds. The van der Waals surface area contributed by atoms with Gasteiger partial charge in [-0.05, 0) is 48.6 Å². The Kier molecular flexibility index (Phi) is 4.47. The summed E-state index contributed by atoms with van der Waals surface area (Å²) in [5.41, 5.74) is 1.10. The molecule has 3 heteroatoms. The topological polar surface area (TPSA) is 27.0 Å². The van der Waals surface area contributed by atoms with E-state index >= 15 is 4.39 Å². The van der Waals surface area contributed by atoms with Gasteiger partial charge in [0.15, 0.2) is 5.67 Å². The Morgan fingerprint density at radius 3 is 2.35 bits per heavy atom. The van der Waals surface area contributed by atoms with E-state index < -0.39 is 5.67 Å². The highest BCUT2D eigenvalue weighted by molar-refractivity contribution is 5.30. The van der Waals surface area contributed by atoms with Crippen LogP contribution in [0.3, 0.4) is 0 Å². The van der Waals surface area contributed by atoms with E-state index in [-0.39, 0.29) is 5.41 Å². The van der Waals surface area contributed by atoms with E-state index in [2.05, 4.69) is 24.8 Å². The van der Waals surface area contributed by atoms with Gasteiger partial charge < -0.3 is 0 Å². The molecule has 0 aromatic heterocycles. The van der Waals surface area contributed by atoms with Crippen molar-refractivity contribution in [2.75, 3.05) is 13.1 Å². The van der Waals surface area contributed by atoms with Crippen LogP contribution in [0.1, 0.15) is 57.1 Å². The Labute approximate surface area is 139 Å². The number of hydrogen-bond acceptors (Lipinski definition) is 2. The lowest BCUT2D eigenvalue weighted by Crippen LogP contribution is -2.61. The summed E-state index contributed by atoms with van der Waals surface area (Å²) < 4.78 is 15.1. The molecule has 0 atom stereocenters. The lowest BCUT2D eigenvalue weighted by atomic mass is 9.71. The third-order valence-corrected chi connectivity index (χ3v) is 5.97. The van der Waals surface area contributed by atoms with Gasteiger partial charge in [-0.15, -0.1) is 0 Å². The van der Waals surface area contributed by atoms with Crippen molar-refractivity contribution >= 4 is 0 Å². The zero-order valence-electron chi connectivity index (χ0n) is 14.3. The van der Waals surface area contributed by atoms with E-state index in [0.29, 0.717) is 25.6 Å². The van der Waals surface area contributed by atoms with Crippen LogP contribution in [0.2, 0.25) is 0 Å². The van der Waals surface area contributed by atoms with Gasteiger partial charge in [-0.1, -0.05) is 38.1 Å². The predicted molar refractivity (Wildman–Crippen MR) is 90.8 cm³/mol. The molecule has 0 unspecified atom stereocenters. The average Bonchev–Trinajstić information content (AvgIpc) is 2.53. The molecule has 1 saturated carbocycles. The van der Waals surface area contributed by atoms with Crippen LogP contribution in [0.4, 0.5) is 4.39 Å². The molecule has 0 spiro atoms. The number of nitrogens with zero attached hydrogens (tertiary/aromatic N) is 2. The number of aryl methyl sites for hydroxylation is 1. The van der Waals surface area contributed by atoms with Crippen molar-refractivity contribution in [3.05, 3.63) is 35.4 Å². The molecule has 23 heavy (non-hydrogen) atoms. The molecule has 3 rings (SSSR count). The standard InChI is InChI=1S/C20H27FN2/c1-3-16-4-6-17(7-5-16)20(21)14-23(15-20)18-8-10-19(2,11-9-18)12-13-22/h4-7,18H,3,8-12,14-15H2,1-2H3. The maximum atomic E-state index is 15.1. The molecule has 2 aliphatic rings. The lowest BCUT2D eigenvalue weighted by Gasteiger charge is -2.51. The molecule has 0 radical (unpaired) electrons. The third-order valence-electron chi connectivity index (χ3n) is 5.97. The highest BCUT2D eigenvalue weighted by atomic mass is 19.1. The molecule has 124 valence electrons. The molecule has 1 aliphatic heterocycles. The number of likely N-dealkylation sites (tertiary alicyclic amines) is 1. The van der Waals surface area contributed by atoms with Crippen LogP contribution in [-0.4, -0.2) is 24.0 Å². The number of hydrogen-bond donors (Lipinski definition) is 0. The van der Waals surface area contributed by atoms with Gasteiger partial charge in [0, 0.05) is 25.6 Å². The summed E-state index contributed by atoms with van der Waals surface area (Å²) in [5, 5.41) is 8.94. The molecule has 1 aromatic rings. The van der Waals surface area contributed by atoms with Crippen molar-refractivity contribution in [1.29, 1.82) is 5.26 Å². The Bertz CT molecular complexity index is 573. The first kappa shape index (κ1) is 16.5. The number of benzene rings is 1. The van der Waals surface area contributed by atoms with E-state index in [1.165, 1.54) is 5.56 Å². The first-order valence-corrected chi connectivity index (χ1v) is 8.87. The van der Waals surface area contributed by atoms with Gasteiger partial charge in [-0.3, -0.25) is 4.90 Å². The Balaban J connectivity index is 1.55. The zero-order valence-corrected chi connectivity index (χ0v) is 14.3. The monoisotopic (exact) mass is 314 g/mol. The summed E-state index contributed by atoms with van der Waals surface area (Å²) >= 11 is 0. The van der Waals surface area contributed by atoms with Crippen LogP contribution in [0.25, 0.3) is 0 Å². The summed E-state index contributed by atoms with van der Waals surface area (Å²) in [6.45, 7) is 5.39. The fourth-order valence-corrected chi connectivity index (χ4v) is 4.11. The summed E-state index contributed by atoms with van der Waals surface area (Å²) in [6.07, 6.45) is 6.02. The van der Waals surface area contributed by atoms with E-state index in [1.807, 2.05) is 24.3 Å². The normalized spacial score (nSPS) is 30.4. The molecule has 2 fully saturated rings. The fourth-order valence-electron chi connectivity index (χ4n) is 4.11.